The maximum Gasteiger partial charge on any atom is 0.338 e. The van der Waals surface area contributed by atoms with Gasteiger partial charge in [-0.3, -0.25) is 0 Å². The van der Waals surface area contributed by atoms with E-state index in [0.29, 0.717) is 11.4 Å². The molecule has 0 spiro atoms. The minimum Gasteiger partial charge on any atom is -0.465 e. The van der Waals surface area contributed by atoms with Crippen molar-refractivity contribution < 1.29 is 9.53 Å². The second kappa shape index (κ2) is 6.05. The lowest BCUT2D eigenvalue weighted by atomic mass is 10.1. The van der Waals surface area contributed by atoms with Crippen LogP contribution < -0.4 is 5.32 Å². The molecule has 0 aliphatic rings. The standard InChI is InChI=1S/C15H15BrN2O2/c1-9-7-12(16)14(17-8-9)18-13-6-4-5-11(10(13)2)15(19)20-3/h4-8H,1-3H3,(H,17,18). The number of benzene rings is 1. The van der Waals surface area contributed by atoms with Gasteiger partial charge in [-0.2, -0.15) is 0 Å². The van der Waals surface area contributed by atoms with Gasteiger partial charge in [-0.25, -0.2) is 9.78 Å². The zero-order valence-electron chi connectivity index (χ0n) is 11.5. The number of nitrogens with zero attached hydrogens (tertiary/aromatic N) is 1. The largest absolute Gasteiger partial charge is 0.465 e. The van der Waals surface area contributed by atoms with Crippen molar-refractivity contribution in [2.45, 2.75) is 13.8 Å². The Bertz CT molecular complexity index is 656. The van der Waals surface area contributed by atoms with Crippen molar-refractivity contribution in [1.82, 2.24) is 4.98 Å². The van der Waals surface area contributed by atoms with Crippen molar-refractivity contribution in [2.24, 2.45) is 0 Å². The Hall–Kier alpha value is -1.88. The molecule has 0 radical (unpaired) electrons. The average molecular weight is 335 g/mol. The molecule has 0 saturated heterocycles. The smallest absolute Gasteiger partial charge is 0.338 e. The summed E-state index contributed by atoms with van der Waals surface area (Å²) in [6, 6.07) is 7.43. The molecule has 4 nitrogen and oxygen atoms in total. The molecule has 0 amide bonds. The summed E-state index contributed by atoms with van der Waals surface area (Å²) < 4.78 is 5.65. The van der Waals surface area contributed by atoms with Gasteiger partial charge < -0.3 is 10.1 Å². The van der Waals surface area contributed by atoms with E-state index < -0.39 is 0 Å². The minimum atomic E-state index is -0.345. The zero-order valence-corrected chi connectivity index (χ0v) is 13.1. The first-order valence-electron chi connectivity index (χ1n) is 6.10. The molecule has 0 aliphatic carbocycles. The average Bonchev–Trinajstić information content (AvgIpc) is 2.43. The van der Waals surface area contributed by atoms with Crippen LogP contribution in [0.5, 0.6) is 0 Å². The number of pyridine rings is 1. The fraction of sp³-hybridized carbons (Fsp3) is 0.200. The number of carbonyl (C=O) groups excluding carboxylic acids is 1. The Balaban J connectivity index is 2.37. The van der Waals surface area contributed by atoms with Crippen LogP contribution >= 0.6 is 15.9 Å². The number of anilines is 2. The molecular formula is C15H15BrN2O2. The van der Waals surface area contributed by atoms with Crippen molar-refractivity contribution in [2.75, 3.05) is 12.4 Å². The molecule has 1 aromatic carbocycles. The maximum atomic E-state index is 11.7. The summed E-state index contributed by atoms with van der Waals surface area (Å²) in [6.45, 7) is 3.85. The van der Waals surface area contributed by atoms with Crippen molar-refractivity contribution in [3.05, 3.63) is 51.6 Å². The van der Waals surface area contributed by atoms with E-state index in [1.807, 2.05) is 32.0 Å². The van der Waals surface area contributed by atoms with Crippen LogP contribution in [-0.2, 0) is 4.74 Å². The summed E-state index contributed by atoms with van der Waals surface area (Å²) in [5.41, 5.74) is 3.27. The van der Waals surface area contributed by atoms with E-state index in [-0.39, 0.29) is 5.97 Å². The molecule has 1 aromatic heterocycles. The quantitative estimate of drug-likeness (QED) is 0.862. The Kier molecular flexibility index (Phi) is 4.39. The van der Waals surface area contributed by atoms with Crippen LogP contribution in [0, 0.1) is 13.8 Å². The zero-order chi connectivity index (χ0) is 14.7. The van der Waals surface area contributed by atoms with Crippen LogP contribution in [-0.4, -0.2) is 18.1 Å². The number of hydrogen-bond acceptors (Lipinski definition) is 4. The third-order valence-electron chi connectivity index (χ3n) is 2.97. The maximum absolute atomic E-state index is 11.7. The second-order valence-corrected chi connectivity index (χ2v) is 5.29. The number of aryl methyl sites for hydroxylation is 1. The monoisotopic (exact) mass is 334 g/mol. The van der Waals surface area contributed by atoms with Gasteiger partial charge in [0, 0.05) is 11.9 Å². The van der Waals surface area contributed by atoms with E-state index in [1.54, 1.807) is 12.3 Å². The third-order valence-corrected chi connectivity index (χ3v) is 3.57. The molecule has 0 saturated carbocycles. The van der Waals surface area contributed by atoms with Gasteiger partial charge in [0.1, 0.15) is 5.82 Å². The number of carbonyl (C=O) groups is 1. The molecule has 0 aliphatic heterocycles. The van der Waals surface area contributed by atoms with Crippen LogP contribution in [0.4, 0.5) is 11.5 Å². The number of ether oxygens (including phenoxy) is 1. The Labute approximate surface area is 126 Å². The summed E-state index contributed by atoms with van der Waals surface area (Å²) in [4.78, 5) is 16.0. The molecule has 0 bridgehead atoms. The van der Waals surface area contributed by atoms with Crippen LogP contribution in [0.2, 0.25) is 0 Å². The Morgan fingerprint density at radius 2 is 2.10 bits per heavy atom. The number of methoxy groups -OCH3 is 1. The van der Waals surface area contributed by atoms with Crippen LogP contribution in [0.3, 0.4) is 0 Å². The van der Waals surface area contributed by atoms with Gasteiger partial charge in [-0.15, -0.1) is 0 Å². The van der Waals surface area contributed by atoms with Gasteiger partial charge in [0.2, 0.25) is 0 Å². The number of nitrogens with one attached hydrogen (secondary N) is 1. The van der Waals surface area contributed by atoms with E-state index in [1.165, 1.54) is 7.11 Å². The first kappa shape index (κ1) is 14.5. The Morgan fingerprint density at radius 1 is 1.35 bits per heavy atom. The lowest BCUT2D eigenvalue weighted by Gasteiger charge is -2.13. The Morgan fingerprint density at radius 3 is 2.75 bits per heavy atom. The van der Waals surface area contributed by atoms with Crippen molar-refractivity contribution in [3.63, 3.8) is 0 Å². The van der Waals surface area contributed by atoms with Crippen molar-refractivity contribution >= 4 is 33.4 Å². The normalized spacial score (nSPS) is 10.2. The lowest BCUT2D eigenvalue weighted by Crippen LogP contribution is -2.06. The molecule has 104 valence electrons. The van der Waals surface area contributed by atoms with E-state index in [4.69, 9.17) is 4.74 Å². The molecule has 1 N–H and O–H groups in total. The fourth-order valence-electron chi connectivity index (χ4n) is 1.86. The topological polar surface area (TPSA) is 51.2 Å². The molecule has 1 heterocycles. The molecule has 20 heavy (non-hydrogen) atoms. The lowest BCUT2D eigenvalue weighted by molar-refractivity contribution is 0.0600. The fourth-order valence-corrected chi connectivity index (χ4v) is 2.42. The second-order valence-electron chi connectivity index (χ2n) is 4.44. The van der Waals surface area contributed by atoms with Gasteiger partial charge in [0.15, 0.2) is 0 Å². The highest BCUT2D eigenvalue weighted by molar-refractivity contribution is 9.10. The van der Waals surface area contributed by atoms with Gasteiger partial charge >= 0.3 is 5.97 Å². The minimum absolute atomic E-state index is 0.345. The number of halogens is 1. The van der Waals surface area contributed by atoms with E-state index in [2.05, 4.69) is 26.2 Å². The molecule has 0 fully saturated rings. The highest BCUT2D eigenvalue weighted by Crippen LogP contribution is 2.27. The molecule has 0 unspecified atom stereocenters. The van der Waals surface area contributed by atoms with Crippen LogP contribution in [0.1, 0.15) is 21.5 Å². The highest BCUT2D eigenvalue weighted by atomic mass is 79.9. The number of aromatic nitrogens is 1. The predicted molar refractivity (Wildman–Crippen MR) is 82.5 cm³/mol. The summed E-state index contributed by atoms with van der Waals surface area (Å²) in [6.07, 6.45) is 1.78. The van der Waals surface area contributed by atoms with E-state index in [0.717, 1.165) is 21.3 Å². The number of hydrogen-bond donors (Lipinski definition) is 1. The number of esters is 1. The SMILES string of the molecule is COC(=O)c1cccc(Nc2ncc(C)cc2Br)c1C. The summed E-state index contributed by atoms with van der Waals surface area (Å²) in [5, 5.41) is 3.22. The summed E-state index contributed by atoms with van der Waals surface area (Å²) >= 11 is 3.47. The van der Waals surface area contributed by atoms with Gasteiger partial charge in [-0.1, -0.05) is 6.07 Å². The van der Waals surface area contributed by atoms with Crippen LogP contribution in [0.25, 0.3) is 0 Å². The van der Waals surface area contributed by atoms with E-state index in [9.17, 15) is 4.79 Å². The first-order valence-corrected chi connectivity index (χ1v) is 6.89. The molecule has 5 heteroatoms. The van der Waals surface area contributed by atoms with Crippen molar-refractivity contribution in [1.29, 1.82) is 0 Å². The molecule has 2 aromatic rings. The molecule has 0 atom stereocenters. The van der Waals surface area contributed by atoms with Crippen LogP contribution in [0.15, 0.2) is 34.9 Å². The van der Waals surface area contributed by atoms with Gasteiger partial charge in [0.25, 0.3) is 0 Å². The summed E-state index contributed by atoms with van der Waals surface area (Å²) in [7, 11) is 1.37. The number of rotatable bonds is 3. The van der Waals surface area contributed by atoms with Gasteiger partial charge in [0.05, 0.1) is 17.1 Å². The highest BCUT2D eigenvalue weighted by Gasteiger charge is 2.12. The van der Waals surface area contributed by atoms with Crippen molar-refractivity contribution in [3.8, 4) is 0 Å². The summed E-state index contributed by atoms with van der Waals surface area (Å²) in [5.74, 6) is 0.364. The molecular weight excluding hydrogens is 320 g/mol. The first-order chi connectivity index (χ1) is 9.52. The third kappa shape index (κ3) is 2.99. The van der Waals surface area contributed by atoms with E-state index >= 15 is 0 Å². The van der Waals surface area contributed by atoms with Gasteiger partial charge in [-0.05, 0) is 59.1 Å². The predicted octanol–water partition coefficient (Wildman–Crippen LogP) is 3.99. The molecule has 2 rings (SSSR count).